The smallest absolute Gasteiger partial charge is 0.262 e. The number of hydrogen-bond donors (Lipinski definition) is 2. The number of nitrogens with one attached hydrogen (secondary N) is 2. The Bertz CT molecular complexity index is 918. The summed E-state index contributed by atoms with van der Waals surface area (Å²) < 4.78 is 0. The van der Waals surface area contributed by atoms with Crippen molar-refractivity contribution in [1.29, 1.82) is 0 Å². The Hall–Kier alpha value is -2.85. The van der Waals surface area contributed by atoms with E-state index in [4.69, 9.17) is 11.6 Å². The molecular formula is C20H18ClN3O. The fourth-order valence-corrected chi connectivity index (χ4v) is 2.70. The van der Waals surface area contributed by atoms with Crippen LogP contribution in [-0.4, -0.2) is 18.2 Å². The van der Waals surface area contributed by atoms with Crippen LogP contribution in [0.15, 0.2) is 71.8 Å². The average molecular weight is 352 g/mol. The molecule has 0 saturated heterocycles. The normalized spacial score (nSPS) is 12.2. The van der Waals surface area contributed by atoms with E-state index in [0.717, 1.165) is 22.0 Å². The van der Waals surface area contributed by atoms with E-state index < -0.39 is 6.04 Å². The molecule has 0 heterocycles. The van der Waals surface area contributed by atoms with E-state index in [1.54, 1.807) is 25.3 Å². The third-order valence-electron chi connectivity index (χ3n) is 3.79. The van der Waals surface area contributed by atoms with Crippen LogP contribution in [0.25, 0.3) is 10.8 Å². The summed E-state index contributed by atoms with van der Waals surface area (Å²) >= 11 is 5.92. The van der Waals surface area contributed by atoms with Crippen molar-refractivity contribution >= 4 is 40.2 Å². The summed E-state index contributed by atoms with van der Waals surface area (Å²) in [6.45, 7) is 1.80. The number of nitrogens with zero attached hydrogens (tertiary/aromatic N) is 1. The molecule has 25 heavy (non-hydrogen) atoms. The number of benzene rings is 3. The molecule has 2 N–H and O–H groups in total. The zero-order valence-electron chi connectivity index (χ0n) is 13.7. The average Bonchev–Trinajstić information content (AvgIpc) is 2.62. The Balaban J connectivity index is 1.64. The lowest BCUT2D eigenvalue weighted by Gasteiger charge is -2.15. The molecule has 3 aromatic rings. The third kappa shape index (κ3) is 4.37. The molecule has 5 heteroatoms. The fraction of sp³-hybridized carbons (Fsp3) is 0.100. The second-order valence-electron chi connectivity index (χ2n) is 5.68. The van der Waals surface area contributed by atoms with Gasteiger partial charge in [0.2, 0.25) is 0 Å². The predicted octanol–water partition coefficient (Wildman–Crippen LogP) is 4.44. The number of hydrogen-bond acceptors (Lipinski definition) is 3. The summed E-state index contributed by atoms with van der Waals surface area (Å²) in [5.41, 5.74) is 4.28. The van der Waals surface area contributed by atoms with Crippen molar-refractivity contribution in [2.24, 2.45) is 5.10 Å². The maximum absolute atomic E-state index is 12.2. The van der Waals surface area contributed by atoms with Gasteiger partial charge in [-0.2, -0.15) is 5.10 Å². The molecule has 3 rings (SSSR count). The Morgan fingerprint density at radius 2 is 1.84 bits per heavy atom. The highest BCUT2D eigenvalue weighted by Crippen LogP contribution is 2.23. The van der Waals surface area contributed by atoms with Crippen molar-refractivity contribution in [1.82, 2.24) is 5.43 Å². The lowest BCUT2D eigenvalue weighted by molar-refractivity contribution is -0.121. The molecule has 0 fully saturated rings. The van der Waals surface area contributed by atoms with Gasteiger partial charge < -0.3 is 5.32 Å². The molecule has 4 nitrogen and oxygen atoms in total. The molecule has 0 bridgehead atoms. The highest BCUT2D eigenvalue weighted by Gasteiger charge is 2.12. The van der Waals surface area contributed by atoms with Crippen LogP contribution in [0.5, 0.6) is 0 Å². The maximum atomic E-state index is 12.2. The van der Waals surface area contributed by atoms with Gasteiger partial charge in [-0.15, -0.1) is 0 Å². The van der Waals surface area contributed by atoms with Gasteiger partial charge in [-0.3, -0.25) is 4.79 Å². The molecule has 1 amide bonds. The topological polar surface area (TPSA) is 53.5 Å². The molecule has 0 radical (unpaired) electrons. The number of hydrazone groups is 1. The number of fused-ring (bicyclic) bond motifs is 1. The molecule has 0 saturated carbocycles. The number of amides is 1. The second-order valence-corrected chi connectivity index (χ2v) is 6.12. The summed E-state index contributed by atoms with van der Waals surface area (Å²) in [5, 5.41) is 10.0. The molecule has 3 aromatic carbocycles. The van der Waals surface area contributed by atoms with Crippen molar-refractivity contribution in [3.63, 3.8) is 0 Å². The first kappa shape index (κ1) is 17.0. The minimum absolute atomic E-state index is 0.216. The molecule has 0 spiro atoms. The SMILES string of the molecule is C[C@@H](Nc1cccc2ccccc12)C(=O)N/N=C\c1cccc(Cl)c1. The summed E-state index contributed by atoms with van der Waals surface area (Å²) in [7, 11) is 0. The first-order chi connectivity index (χ1) is 12.1. The van der Waals surface area contributed by atoms with Crippen LogP contribution in [0, 0.1) is 0 Å². The standard InChI is InChI=1S/C20H18ClN3O/c1-14(20(25)24-22-13-15-6-4-9-17(21)12-15)23-19-11-5-8-16-7-2-3-10-18(16)19/h2-14,23H,1H3,(H,24,25)/b22-13-/t14-/m1/s1. The van der Waals surface area contributed by atoms with Gasteiger partial charge in [0, 0.05) is 16.1 Å². The summed E-state index contributed by atoms with van der Waals surface area (Å²) in [6.07, 6.45) is 1.56. The Morgan fingerprint density at radius 1 is 1.08 bits per heavy atom. The van der Waals surface area contributed by atoms with Crippen molar-refractivity contribution in [2.45, 2.75) is 13.0 Å². The number of carbonyl (C=O) groups excluding carboxylic acids is 1. The molecule has 0 unspecified atom stereocenters. The van der Waals surface area contributed by atoms with Crippen LogP contribution < -0.4 is 10.7 Å². The molecule has 0 aliphatic heterocycles. The monoisotopic (exact) mass is 351 g/mol. The zero-order valence-corrected chi connectivity index (χ0v) is 14.5. The van der Waals surface area contributed by atoms with Crippen molar-refractivity contribution in [2.75, 3.05) is 5.32 Å². The van der Waals surface area contributed by atoms with E-state index in [2.05, 4.69) is 15.8 Å². The van der Waals surface area contributed by atoms with Crippen LogP contribution in [0.3, 0.4) is 0 Å². The molecule has 0 aliphatic rings. The van der Waals surface area contributed by atoms with Crippen LogP contribution in [0.2, 0.25) is 5.02 Å². The first-order valence-electron chi connectivity index (χ1n) is 7.96. The molecule has 0 aliphatic carbocycles. The fourth-order valence-electron chi connectivity index (χ4n) is 2.50. The van der Waals surface area contributed by atoms with Crippen LogP contribution in [0.1, 0.15) is 12.5 Å². The molecule has 126 valence electrons. The largest absolute Gasteiger partial charge is 0.373 e. The van der Waals surface area contributed by atoms with Gasteiger partial charge in [0.15, 0.2) is 0 Å². The van der Waals surface area contributed by atoms with Crippen molar-refractivity contribution in [3.05, 3.63) is 77.3 Å². The first-order valence-corrected chi connectivity index (χ1v) is 8.34. The van der Waals surface area contributed by atoms with E-state index in [1.807, 2.05) is 54.6 Å². The summed E-state index contributed by atoms with van der Waals surface area (Å²) in [4.78, 5) is 12.2. The van der Waals surface area contributed by atoms with Gasteiger partial charge in [0.05, 0.1) is 6.21 Å². The van der Waals surface area contributed by atoms with Crippen LogP contribution in [-0.2, 0) is 4.79 Å². The minimum Gasteiger partial charge on any atom is -0.373 e. The Labute approximate surface area is 151 Å². The van der Waals surface area contributed by atoms with Gasteiger partial charge in [-0.1, -0.05) is 60.1 Å². The highest BCUT2D eigenvalue weighted by atomic mass is 35.5. The number of anilines is 1. The van der Waals surface area contributed by atoms with E-state index in [0.29, 0.717) is 5.02 Å². The minimum atomic E-state index is -0.428. The summed E-state index contributed by atoms with van der Waals surface area (Å²) in [6, 6.07) is 20.8. The Morgan fingerprint density at radius 3 is 2.68 bits per heavy atom. The van der Waals surface area contributed by atoms with Gasteiger partial charge in [-0.25, -0.2) is 5.43 Å². The lowest BCUT2D eigenvalue weighted by Crippen LogP contribution is -2.34. The van der Waals surface area contributed by atoms with Crippen LogP contribution in [0.4, 0.5) is 5.69 Å². The molecule has 1 atom stereocenters. The van der Waals surface area contributed by atoms with Crippen molar-refractivity contribution < 1.29 is 4.79 Å². The molecular weight excluding hydrogens is 334 g/mol. The zero-order chi connectivity index (χ0) is 17.6. The Kier molecular flexibility index (Phi) is 5.31. The van der Waals surface area contributed by atoms with Gasteiger partial charge >= 0.3 is 0 Å². The van der Waals surface area contributed by atoms with Crippen LogP contribution >= 0.6 is 11.6 Å². The summed E-state index contributed by atoms with van der Waals surface area (Å²) in [5.74, 6) is -0.216. The van der Waals surface area contributed by atoms with Gasteiger partial charge in [-0.05, 0) is 36.1 Å². The van der Waals surface area contributed by atoms with E-state index >= 15 is 0 Å². The molecule has 0 aromatic heterocycles. The number of rotatable bonds is 5. The quantitative estimate of drug-likeness (QED) is 0.527. The van der Waals surface area contributed by atoms with Crippen molar-refractivity contribution in [3.8, 4) is 0 Å². The van der Waals surface area contributed by atoms with Gasteiger partial charge in [0.1, 0.15) is 6.04 Å². The maximum Gasteiger partial charge on any atom is 0.262 e. The number of halogens is 1. The van der Waals surface area contributed by atoms with E-state index in [9.17, 15) is 4.79 Å². The third-order valence-corrected chi connectivity index (χ3v) is 4.03. The lowest BCUT2D eigenvalue weighted by atomic mass is 10.1. The van der Waals surface area contributed by atoms with Gasteiger partial charge in [0.25, 0.3) is 5.91 Å². The van der Waals surface area contributed by atoms with E-state index in [-0.39, 0.29) is 5.91 Å². The highest BCUT2D eigenvalue weighted by molar-refractivity contribution is 6.30. The predicted molar refractivity (Wildman–Crippen MR) is 104 cm³/mol. The number of carbonyl (C=O) groups is 1. The second kappa shape index (κ2) is 7.81. The van der Waals surface area contributed by atoms with E-state index in [1.165, 1.54) is 0 Å².